The van der Waals surface area contributed by atoms with Crippen LogP contribution in [-0.2, 0) is 15.9 Å². The summed E-state index contributed by atoms with van der Waals surface area (Å²) in [6.07, 6.45) is 0.794. The van der Waals surface area contributed by atoms with Gasteiger partial charge >= 0.3 is 0 Å². The third kappa shape index (κ3) is 2.25. The van der Waals surface area contributed by atoms with Gasteiger partial charge in [0.25, 0.3) is 0 Å². The average Bonchev–Trinajstić information content (AvgIpc) is 2.78. The summed E-state index contributed by atoms with van der Waals surface area (Å²) in [5.74, 6) is 1.16. The first-order chi connectivity index (χ1) is 7.39. The second-order valence-electron chi connectivity index (χ2n) is 4.59. The minimum Gasteiger partial charge on any atom is -0.370 e. The maximum atomic E-state index is 5.43. The number of nitrogens with one attached hydrogen (secondary N) is 1. The Morgan fingerprint density at radius 1 is 1.38 bits per heavy atom. The number of aromatic nitrogens is 2. The molecule has 0 spiro atoms. The highest BCUT2D eigenvalue weighted by atomic mass is 16.5. The fourth-order valence-corrected chi connectivity index (χ4v) is 1.19. The number of methoxy groups -OCH3 is 1. The van der Waals surface area contributed by atoms with E-state index in [0.717, 1.165) is 6.42 Å². The number of hydrogen-bond donors (Lipinski definition) is 1. The van der Waals surface area contributed by atoms with E-state index < -0.39 is 5.60 Å². The van der Waals surface area contributed by atoms with E-state index in [0.29, 0.717) is 11.7 Å². The minimum absolute atomic E-state index is 0.326. The van der Waals surface area contributed by atoms with Gasteiger partial charge < -0.3 is 14.6 Å². The lowest BCUT2D eigenvalue weighted by Gasteiger charge is -2.22. The highest BCUT2D eigenvalue weighted by Gasteiger charge is 2.33. The van der Waals surface area contributed by atoms with Crippen LogP contribution in [0.5, 0.6) is 0 Å². The summed E-state index contributed by atoms with van der Waals surface area (Å²) in [5, 5.41) is 7.11. The van der Waals surface area contributed by atoms with Gasteiger partial charge in [-0.05, 0) is 34.2 Å². The molecule has 1 aromatic heterocycles. The van der Waals surface area contributed by atoms with Gasteiger partial charge in [0.1, 0.15) is 5.60 Å². The molecule has 1 unspecified atom stereocenters. The zero-order valence-electron chi connectivity index (χ0n) is 10.9. The molecule has 0 radical (unpaired) electrons. The van der Waals surface area contributed by atoms with Crippen molar-refractivity contribution in [2.24, 2.45) is 0 Å². The summed E-state index contributed by atoms with van der Waals surface area (Å²) in [5.41, 5.74) is -0.806. The van der Waals surface area contributed by atoms with Crippen molar-refractivity contribution < 1.29 is 9.26 Å². The summed E-state index contributed by atoms with van der Waals surface area (Å²) in [6.45, 7) is 7.96. The second-order valence-corrected chi connectivity index (χ2v) is 4.59. The Morgan fingerprint density at radius 3 is 2.44 bits per heavy atom. The van der Waals surface area contributed by atoms with Gasteiger partial charge in [-0.25, -0.2) is 0 Å². The van der Waals surface area contributed by atoms with Crippen LogP contribution in [0.1, 0.15) is 45.8 Å². The Balaban J connectivity index is 3.03. The fourth-order valence-electron chi connectivity index (χ4n) is 1.19. The first-order valence-electron chi connectivity index (χ1n) is 5.48. The van der Waals surface area contributed by atoms with E-state index in [1.54, 1.807) is 7.11 Å². The first kappa shape index (κ1) is 13.1. The molecule has 1 rings (SSSR count). The molecule has 0 saturated carbocycles. The third-order valence-electron chi connectivity index (χ3n) is 3.18. The van der Waals surface area contributed by atoms with Gasteiger partial charge in [0, 0.05) is 7.11 Å². The van der Waals surface area contributed by atoms with Crippen molar-refractivity contribution in [1.82, 2.24) is 15.5 Å². The van der Waals surface area contributed by atoms with Crippen LogP contribution in [-0.4, -0.2) is 24.3 Å². The Bertz CT molecular complexity index is 343. The first-order valence-corrected chi connectivity index (χ1v) is 5.48. The fraction of sp³-hybridized carbons (Fsp3) is 0.818. The van der Waals surface area contributed by atoms with Gasteiger partial charge in [0.15, 0.2) is 0 Å². The van der Waals surface area contributed by atoms with Crippen molar-refractivity contribution in [2.75, 3.05) is 14.2 Å². The van der Waals surface area contributed by atoms with Gasteiger partial charge in [-0.15, -0.1) is 0 Å². The number of nitrogens with zero attached hydrogens (tertiary/aromatic N) is 2. The molecule has 5 heteroatoms. The lowest BCUT2D eigenvalue weighted by Crippen LogP contribution is -2.34. The third-order valence-corrected chi connectivity index (χ3v) is 3.18. The van der Waals surface area contributed by atoms with E-state index >= 15 is 0 Å². The van der Waals surface area contributed by atoms with E-state index in [1.807, 2.05) is 34.7 Å². The van der Waals surface area contributed by atoms with Gasteiger partial charge in [0.05, 0.1) is 5.54 Å². The smallest absolute Gasteiger partial charge is 0.246 e. The van der Waals surface area contributed by atoms with Crippen LogP contribution < -0.4 is 5.32 Å². The van der Waals surface area contributed by atoms with Crippen molar-refractivity contribution in [3.63, 3.8) is 0 Å². The maximum absolute atomic E-state index is 5.43. The Morgan fingerprint density at radius 2 is 2.00 bits per heavy atom. The molecule has 0 fully saturated rings. The molecule has 1 atom stereocenters. The molecule has 0 aliphatic carbocycles. The predicted molar refractivity (Wildman–Crippen MR) is 61.0 cm³/mol. The van der Waals surface area contributed by atoms with Gasteiger partial charge in [-0.3, -0.25) is 0 Å². The zero-order valence-corrected chi connectivity index (χ0v) is 10.9. The topological polar surface area (TPSA) is 60.2 Å². The number of ether oxygens (including phenoxy) is 1. The van der Waals surface area contributed by atoms with Gasteiger partial charge in [-0.1, -0.05) is 12.1 Å². The summed E-state index contributed by atoms with van der Waals surface area (Å²) in [7, 11) is 3.52. The van der Waals surface area contributed by atoms with E-state index in [1.165, 1.54) is 0 Å². The Labute approximate surface area is 96.6 Å². The molecule has 5 nitrogen and oxygen atoms in total. The normalized spacial score (nSPS) is 16.1. The largest absolute Gasteiger partial charge is 0.370 e. The average molecular weight is 227 g/mol. The standard InChI is InChI=1S/C11H21N3O2/c1-7-11(4,15-6)8-13-9(16-14-8)10(2,3)12-5/h12H,7H2,1-6H3. The Kier molecular flexibility index (Phi) is 3.70. The van der Waals surface area contributed by atoms with Crippen LogP contribution in [0.15, 0.2) is 4.52 Å². The van der Waals surface area contributed by atoms with Crippen LogP contribution in [0.3, 0.4) is 0 Å². The van der Waals surface area contributed by atoms with Gasteiger partial charge in [0.2, 0.25) is 11.7 Å². The maximum Gasteiger partial charge on any atom is 0.246 e. The van der Waals surface area contributed by atoms with Crippen molar-refractivity contribution in [1.29, 1.82) is 0 Å². The van der Waals surface area contributed by atoms with E-state index in [4.69, 9.17) is 9.26 Å². The monoisotopic (exact) mass is 227 g/mol. The molecule has 0 aliphatic rings. The molecule has 0 saturated heterocycles. The molecule has 0 bridgehead atoms. The molecule has 0 aromatic carbocycles. The van der Waals surface area contributed by atoms with Crippen LogP contribution >= 0.6 is 0 Å². The second kappa shape index (κ2) is 4.51. The van der Waals surface area contributed by atoms with Crippen LogP contribution in [0.25, 0.3) is 0 Å². The zero-order chi connectivity index (χ0) is 12.4. The SMILES string of the molecule is CCC(C)(OC)c1noc(C(C)(C)NC)n1. The van der Waals surface area contributed by atoms with Crippen LogP contribution in [0, 0.1) is 0 Å². The van der Waals surface area contributed by atoms with Crippen molar-refractivity contribution in [3.8, 4) is 0 Å². The molecule has 1 aromatic rings. The molecule has 92 valence electrons. The van der Waals surface area contributed by atoms with Crippen molar-refractivity contribution in [3.05, 3.63) is 11.7 Å². The number of hydrogen-bond acceptors (Lipinski definition) is 5. The van der Waals surface area contributed by atoms with Crippen LogP contribution in [0.4, 0.5) is 0 Å². The lowest BCUT2D eigenvalue weighted by atomic mass is 10.0. The molecule has 1 N–H and O–H groups in total. The predicted octanol–water partition coefficient (Wildman–Crippen LogP) is 1.80. The van der Waals surface area contributed by atoms with Crippen LogP contribution in [0.2, 0.25) is 0 Å². The van der Waals surface area contributed by atoms with E-state index in [9.17, 15) is 0 Å². The van der Waals surface area contributed by atoms with Crippen molar-refractivity contribution in [2.45, 2.75) is 45.3 Å². The molecule has 1 heterocycles. The quantitative estimate of drug-likeness (QED) is 0.831. The van der Waals surface area contributed by atoms with Gasteiger partial charge in [-0.2, -0.15) is 4.98 Å². The number of rotatable bonds is 5. The van der Waals surface area contributed by atoms with E-state index in [-0.39, 0.29) is 5.54 Å². The highest BCUT2D eigenvalue weighted by molar-refractivity contribution is 5.04. The minimum atomic E-state index is -0.481. The highest BCUT2D eigenvalue weighted by Crippen LogP contribution is 2.27. The Hall–Kier alpha value is -0.940. The molecular formula is C11H21N3O2. The lowest BCUT2D eigenvalue weighted by molar-refractivity contribution is -0.0106. The van der Waals surface area contributed by atoms with Crippen molar-refractivity contribution >= 4 is 0 Å². The molecule has 0 aliphatic heterocycles. The summed E-state index contributed by atoms with van der Waals surface area (Å²) >= 11 is 0. The molecule has 16 heavy (non-hydrogen) atoms. The van der Waals surface area contributed by atoms with E-state index in [2.05, 4.69) is 15.5 Å². The summed E-state index contributed by atoms with van der Waals surface area (Å²) < 4.78 is 10.7. The summed E-state index contributed by atoms with van der Waals surface area (Å²) in [4.78, 5) is 4.40. The molecule has 0 amide bonds. The molecular weight excluding hydrogens is 206 g/mol. The summed E-state index contributed by atoms with van der Waals surface area (Å²) in [6, 6.07) is 0.